The molecule has 0 atom stereocenters. The zero-order valence-corrected chi connectivity index (χ0v) is 10.2. The zero-order valence-electron chi connectivity index (χ0n) is 9.47. The molecule has 0 radical (unpaired) electrons. The fourth-order valence-electron chi connectivity index (χ4n) is 2.09. The lowest BCUT2D eigenvalue weighted by Crippen LogP contribution is -2.34. The predicted molar refractivity (Wildman–Crippen MR) is 65.1 cm³/mol. The third kappa shape index (κ3) is 1.86. The Morgan fingerprint density at radius 2 is 2.18 bits per heavy atom. The van der Waals surface area contributed by atoms with Crippen LogP contribution in [0.25, 0.3) is 0 Å². The summed E-state index contributed by atoms with van der Waals surface area (Å²) in [5, 5.41) is 0.291. The Kier molecular flexibility index (Phi) is 2.48. The third-order valence-electron chi connectivity index (χ3n) is 2.96. The highest BCUT2D eigenvalue weighted by Crippen LogP contribution is 2.22. The van der Waals surface area contributed by atoms with Crippen molar-refractivity contribution >= 4 is 17.4 Å². The van der Waals surface area contributed by atoms with Crippen LogP contribution < -0.4 is 4.90 Å². The topological polar surface area (TPSA) is 46.8 Å². The first-order valence-electron chi connectivity index (χ1n) is 5.48. The van der Waals surface area contributed by atoms with E-state index in [0.29, 0.717) is 5.28 Å². The van der Waals surface area contributed by atoms with E-state index in [1.165, 1.54) is 0 Å². The summed E-state index contributed by atoms with van der Waals surface area (Å²) in [7, 11) is 0. The Balaban J connectivity index is 1.94. The van der Waals surface area contributed by atoms with Crippen LogP contribution in [0.5, 0.6) is 0 Å². The number of rotatable bonds is 1. The standard InChI is InChI=1S/C11H12ClN5/c1-8-6-14-11(12)15-10(8)17-5-4-16-3-2-13-9(16)7-17/h2-3,6H,4-5,7H2,1H3. The molecule has 88 valence electrons. The molecule has 0 fully saturated rings. The van der Waals surface area contributed by atoms with Crippen LogP contribution in [0.2, 0.25) is 5.28 Å². The monoisotopic (exact) mass is 249 g/mol. The molecule has 5 nitrogen and oxygen atoms in total. The zero-order chi connectivity index (χ0) is 11.8. The Morgan fingerprint density at radius 3 is 3.06 bits per heavy atom. The molecule has 0 saturated carbocycles. The van der Waals surface area contributed by atoms with E-state index in [2.05, 4.69) is 24.4 Å². The first-order chi connectivity index (χ1) is 8.24. The van der Waals surface area contributed by atoms with Gasteiger partial charge in [0, 0.05) is 37.2 Å². The number of imidazole rings is 1. The number of fused-ring (bicyclic) bond motifs is 1. The lowest BCUT2D eigenvalue weighted by molar-refractivity contribution is 0.555. The molecule has 0 unspecified atom stereocenters. The summed E-state index contributed by atoms with van der Waals surface area (Å²) >= 11 is 5.85. The second kappa shape index (κ2) is 4.00. The Bertz CT molecular complexity index is 551. The van der Waals surface area contributed by atoms with Crippen LogP contribution in [0.4, 0.5) is 5.82 Å². The number of halogens is 1. The Hall–Kier alpha value is -1.62. The summed E-state index contributed by atoms with van der Waals surface area (Å²) < 4.78 is 2.16. The van der Waals surface area contributed by atoms with Gasteiger partial charge in [0.05, 0.1) is 6.54 Å². The molecule has 1 aliphatic rings. The summed E-state index contributed by atoms with van der Waals surface area (Å²) in [6, 6.07) is 0. The van der Waals surface area contributed by atoms with E-state index in [9.17, 15) is 0 Å². The number of anilines is 1. The summed E-state index contributed by atoms with van der Waals surface area (Å²) in [6.07, 6.45) is 5.59. The van der Waals surface area contributed by atoms with Gasteiger partial charge in [0.15, 0.2) is 0 Å². The van der Waals surface area contributed by atoms with Gasteiger partial charge in [-0.1, -0.05) is 0 Å². The van der Waals surface area contributed by atoms with Crippen molar-refractivity contribution in [2.24, 2.45) is 0 Å². The van der Waals surface area contributed by atoms with Gasteiger partial charge in [-0.05, 0) is 18.5 Å². The van der Waals surface area contributed by atoms with E-state index >= 15 is 0 Å². The van der Waals surface area contributed by atoms with Crippen molar-refractivity contribution in [3.05, 3.63) is 35.3 Å². The van der Waals surface area contributed by atoms with Crippen LogP contribution in [0.15, 0.2) is 18.6 Å². The van der Waals surface area contributed by atoms with Crippen LogP contribution in [-0.2, 0) is 13.1 Å². The van der Waals surface area contributed by atoms with E-state index in [0.717, 1.165) is 36.8 Å². The van der Waals surface area contributed by atoms with E-state index in [1.54, 1.807) is 6.20 Å². The van der Waals surface area contributed by atoms with Crippen molar-refractivity contribution in [1.82, 2.24) is 19.5 Å². The lowest BCUT2D eigenvalue weighted by atomic mass is 10.3. The van der Waals surface area contributed by atoms with Crippen LogP contribution in [-0.4, -0.2) is 26.1 Å². The van der Waals surface area contributed by atoms with E-state index in [4.69, 9.17) is 11.6 Å². The molecule has 3 heterocycles. The van der Waals surface area contributed by atoms with Gasteiger partial charge in [0.25, 0.3) is 0 Å². The number of aryl methyl sites for hydroxylation is 1. The first kappa shape index (κ1) is 10.5. The maximum atomic E-state index is 5.85. The van der Waals surface area contributed by atoms with Crippen LogP contribution >= 0.6 is 11.6 Å². The lowest BCUT2D eigenvalue weighted by Gasteiger charge is -2.29. The number of nitrogens with zero attached hydrogens (tertiary/aromatic N) is 5. The van der Waals surface area contributed by atoms with Crippen molar-refractivity contribution in [2.45, 2.75) is 20.0 Å². The van der Waals surface area contributed by atoms with Gasteiger partial charge < -0.3 is 9.47 Å². The summed E-state index contributed by atoms with van der Waals surface area (Å²) in [5.41, 5.74) is 1.04. The Morgan fingerprint density at radius 1 is 1.29 bits per heavy atom. The van der Waals surface area contributed by atoms with Crippen LogP contribution in [0, 0.1) is 6.92 Å². The highest BCUT2D eigenvalue weighted by Gasteiger charge is 2.19. The third-order valence-corrected chi connectivity index (χ3v) is 3.14. The highest BCUT2D eigenvalue weighted by molar-refractivity contribution is 6.28. The van der Waals surface area contributed by atoms with E-state index in [-0.39, 0.29) is 0 Å². The second-order valence-electron chi connectivity index (χ2n) is 4.10. The molecule has 0 amide bonds. The van der Waals surface area contributed by atoms with Gasteiger partial charge in [0.2, 0.25) is 5.28 Å². The molecule has 6 heteroatoms. The quantitative estimate of drug-likeness (QED) is 0.721. The van der Waals surface area contributed by atoms with E-state index < -0.39 is 0 Å². The Labute approximate surface area is 104 Å². The molecule has 0 aliphatic carbocycles. The van der Waals surface area contributed by atoms with Crippen molar-refractivity contribution in [1.29, 1.82) is 0 Å². The first-order valence-corrected chi connectivity index (χ1v) is 5.86. The van der Waals surface area contributed by atoms with Gasteiger partial charge in [-0.3, -0.25) is 0 Å². The number of aromatic nitrogens is 4. The SMILES string of the molecule is Cc1cnc(Cl)nc1N1CCn2ccnc2C1. The normalized spacial score (nSPS) is 14.8. The van der Waals surface area contributed by atoms with Gasteiger partial charge in [-0.15, -0.1) is 0 Å². The van der Waals surface area contributed by atoms with E-state index in [1.807, 2.05) is 19.3 Å². The van der Waals surface area contributed by atoms with Crippen molar-refractivity contribution < 1.29 is 0 Å². The molecule has 2 aromatic rings. The molecule has 1 aliphatic heterocycles. The van der Waals surface area contributed by atoms with Crippen molar-refractivity contribution in [3.8, 4) is 0 Å². The highest BCUT2D eigenvalue weighted by atomic mass is 35.5. The molecule has 0 bridgehead atoms. The molecular formula is C11H12ClN5. The summed E-state index contributed by atoms with van der Waals surface area (Å²) in [4.78, 5) is 14.8. The fraction of sp³-hybridized carbons (Fsp3) is 0.364. The molecule has 3 rings (SSSR count). The smallest absolute Gasteiger partial charge is 0.224 e. The minimum absolute atomic E-state index is 0.291. The van der Waals surface area contributed by atoms with Crippen molar-refractivity contribution in [2.75, 3.05) is 11.4 Å². The fourth-order valence-corrected chi connectivity index (χ4v) is 2.22. The molecule has 2 aromatic heterocycles. The molecule has 0 aromatic carbocycles. The minimum atomic E-state index is 0.291. The summed E-state index contributed by atoms with van der Waals surface area (Å²) in [6.45, 7) is 4.60. The molecular weight excluding hydrogens is 238 g/mol. The van der Waals surface area contributed by atoms with Gasteiger partial charge in [-0.25, -0.2) is 15.0 Å². The summed E-state index contributed by atoms with van der Waals surface area (Å²) in [5.74, 6) is 1.96. The number of hydrogen-bond donors (Lipinski definition) is 0. The number of hydrogen-bond acceptors (Lipinski definition) is 4. The average Bonchev–Trinajstić information content (AvgIpc) is 2.79. The van der Waals surface area contributed by atoms with Gasteiger partial charge >= 0.3 is 0 Å². The molecule has 0 N–H and O–H groups in total. The molecule has 0 spiro atoms. The predicted octanol–water partition coefficient (Wildman–Crippen LogP) is 1.66. The van der Waals surface area contributed by atoms with Crippen LogP contribution in [0.3, 0.4) is 0 Å². The maximum absolute atomic E-state index is 5.85. The van der Waals surface area contributed by atoms with Crippen LogP contribution in [0.1, 0.15) is 11.4 Å². The second-order valence-corrected chi connectivity index (χ2v) is 4.44. The maximum Gasteiger partial charge on any atom is 0.224 e. The molecule has 17 heavy (non-hydrogen) atoms. The minimum Gasteiger partial charge on any atom is -0.347 e. The van der Waals surface area contributed by atoms with Gasteiger partial charge in [0.1, 0.15) is 11.6 Å². The average molecular weight is 250 g/mol. The largest absolute Gasteiger partial charge is 0.347 e. The van der Waals surface area contributed by atoms with Gasteiger partial charge in [-0.2, -0.15) is 0 Å². The van der Waals surface area contributed by atoms with Crippen molar-refractivity contribution in [3.63, 3.8) is 0 Å². The molecule has 0 saturated heterocycles.